The van der Waals surface area contributed by atoms with Crippen LogP contribution in [0.15, 0.2) is 204 Å². The van der Waals surface area contributed by atoms with Gasteiger partial charge in [-0.3, -0.25) is 9.98 Å². The SMILES string of the molecule is C/N=C(\c1ccc(/C(=N\C)c2ccc3c(c2)C2(c4ccccc4-c4ccccc42)c2cc(C)ccc2-3)cc1)c1ccc2c(c1)C1(c3ccccc3-c3ccccc31)c1cc(C)ccc1-2. The highest BCUT2D eigenvalue weighted by atomic mass is 14.7. The fourth-order valence-electron chi connectivity index (χ4n) is 12.4. The number of aliphatic imine (C=N–C) groups is 2. The van der Waals surface area contributed by atoms with Gasteiger partial charge in [-0.2, -0.15) is 0 Å². The minimum atomic E-state index is -0.410. The summed E-state index contributed by atoms with van der Waals surface area (Å²) in [5.74, 6) is 0. The Morgan fingerprint density at radius 2 is 0.547 bits per heavy atom. The van der Waals surface area contributed by atoms with Gasteiger partial charge < -0.3 is 0 Å². The molecule has 2 heteroatoms. The number of benzene rings is 9. The fourth-order valence-corrected chi connectivity index (χ4v) is 12.4. The molecule has 0 aromatic heterocycles. The summed E-state index contributed by atoms with van der Waals surface area (Å²) in [6.07, 6.45) is 0. The van der Waals surface area contributed by atoms with Crippen LogP contribution in [0.5, 0.6) is 0 Å². The lowest BCUT2D eigenvalue weighted by Crippen LogP contribution is -2.26. The average molecular weight is 817 g/mol. The molecule has 9 aromatic rings. The highest BCUT2D eigenvalue weighted by Gasteiger charge is 2.53. The van der Waals surface area contributed by atoms with E-state index in [2.05, 4.69) is 208 Å². The van der Waals surface area contributed by atoms with Gasteiger partial charge >= 0.3 is 0 Å². The van der Waals surface area contributed by atoms with E-state index in [4.69, 9.17) is 9.98 Å². The summed E-state index contributed by atoms with van der Waals surface area (Å²) in [5, 5.41) is 0. The molecule has 0 N–H and O–H groups in total. The van der Waals surface area contributed by atoms with Crippen molar-refractivity contribution in [2.45, 2.75) is 24.7 Å². The molecule has 0 saturated heterocycles. The maximum atomic E-state index is 5.00. The second kappa shape index (κ2) is 13.4. The normalized spacial score (nSPS) is 15.0. The molecule has 4 aliphatic rings. The van der Waals surface area contributed by atoms with E-state index in [0.717, 1.165) is 33.7 Å². The summed E-state index contributed by atoms with van der Waals surface area (Å²) in [7, 11) is 3.84. The van der Waals surface area contributed by atoms with E-state index < -0.39 is 10.8 Å². The van der Waals surface area contributed by atoms with Crippen molar-refractivity contribution in [1.29, 1.82) is 0 Å². The van der Waals surface area contributed by atoms with Gasteiger partial charge in [0.15, 0.2) is 0 Å². The largest absolute Gasteiger partial charge is 0.287 e. The molecule has 4 aliphatic carbocycles. The Labute approximate surface area is 375 Å². The molecule has 0 radical (unpaired) electrons. The van der Waals surface area contributed by atoms with E-state index in [-0.39, 0.29) is 0 Å². The molecule has 0 unspecified atom stereocenters. The van der Waals surface area contributed by atoms with Crippen LogP contribution in [-0.2, 0) is 10.8 Å². The Kier molecular flexibility index (Phi) is 7.74. The molecular weight excluding hydrogens is 773 g/mol. The third kappa shape index (κ3) is 4.65. The van der Waals surface area contributed by atoms with Crippen molar-refractivity contribution in [2.24, 2.45) is 9.98 Å². The Morgan fingerprint density at radius 3 is 0.875 bits per heavy atom. The van der Waals surface area contributed by atoms with Gasteiger partial charge in [0.05, 0.1) is 22.3 Å². The maximum absolute atomic E-state index is 5.00. The molecule has 302 valence electrons. The topological polar surface area (TPSA) is 24.7 Å². The minimum absolute atomic E-state index is 0.410. The quantitative estimate of drug-likeness (QED) is 0.158. The predicted octanol–water partition coefficient (Wildman–Crippen LogP) is 13.9. The maximum Gasteiger partial charge on any atom is 0.0725 e. The zero-order valence-corrected chi connectivity index (χ0v) is 36.4. The molecule has 13 rings (SSSR count). The first-order valence-electron chi connectivity index (χ1n) is 22.4. The first-order valence-corrected chi connectivity index (χ1v) is 22.4. The van der Waals surface area contributed by atoms with Crippen molar-refractivity contribution >= 4 is 11.4 Å². The second-order valence-electron chi connectivity index (χ2n) is 18.0. The minimum Gasteiger partial charge on any atom is -0.287 e. The highest BCUT2D eigenvalue weighted by molar-refractivity contribution is 6.16. The van der Waals surface area contributed by atoms with E-state index in [1.807, 2.05) is 14.1 Å². The Balaban J connectivity index is 0.909. The number of fused-ring (bicyclic) bond motifs is 20. The van der Waals surface area contributed by atoms with Crippen molar-refractivity contribution in [3.8, 4) is 44.5 Å². The van der Waals surface area contributed by atoms with Crippen LogP contribution in [0.1, 0.15) is 77.9 Å². The molecule has 0 saturated carbocycles. The van der Waals surface area contributed by atoms with Crippen LogP contribution >= 0.6 is 0 Å². The molecule has 2 nitrogen and oxygen atoms in total. The molecule has 0 fully saturated rings. The van der Waals surface area contributed by atoms with Crippen molar-refractivity contribution in [3.05, 3.63) is 272 Å². The smallest absolute Gasteiger partial charge is 0.0725 e. The average Bonchev–Trinajstić information content (AvgIpc) is 4.01. The van der Waals surface area contributed by atoms with Crippen LogP contribution in [-0.4, -0.2) is 25.5 Å². The number of nitrogens with zero attached hydrogens (tertiary/aromatic N) is 2. The third-order valence-electron chi connectivity index (χ3n) is 14.9. The summed E-state index contributed by atoms with van der Waals surface area (Å²) < 4.78 is 0. The molecule has 0 aliphatic heterocycles. The number of aryl methyl sites for hydroxylation is 2. The first kappa shape index (κ1) is 36.9. The number of hydrogen-bond acceptors (Lipinski definition) is 2. The molecular formula is C62H44N2. The Morgan fingerprint density at radius 1 is 0.281 bits per heavy atom. The molecule has 0 amide bonds. The van der Waals surface area contributed by atoms with Gasteiger partial charge in [-0.1, -0.05) is 193 Å². The molecule has 0 bridgehead atoms. The van der Waals surface area contributed by atoms with Crippen LogP contribution in [0.25, 0.3) is 44.5 Å². The van der Waals surface area contributed by atoms with Crippen LogP contribution in [0, 0.1) is 13.8 Å². The van der Waals surface area contributed by atoms with Crippen molar-refractivity contribution < 1.29 is 0 Å². The standard InChI is InChI=1S/C62H44N2/c1-37-21-29-47-49-31-27-41(35-57(49)61(55(47)33-37)51-17-9-5-13-43(51)44-14-6-10-18-52(44)61)59(63-3)39-23-25-40(26-24-39)60(64-4)42-28-32-50-48-30-22-38(2)34-56(48)62(58(50)36-42)53-19-11-7-15-45(53)46-16-8-12-20-54(46)62/h5-36H,1-4H3/b63-59+,64-60+. The van der Waals surface area contributed by atoms with Gasteiger partial charge in [0.1, 0.15) is 0 Å². The molecule has 0 heterocycles. The monoisotopic (exact) mass is 816 g/mol. The number of hydrogen-bond donors (Lipinski definition) is 0. The number of rotatable bonds is 4. The lowest BCUT2D eigenvalue weighted by molar-refractivity contribution is 0.792. The zero-order valence-electron chi connectivity index (χ0n) is 36.4. The summed E-state index contributed by atoms with van der Waals surface area (Å²) >= 11 is 0. The first-order chi connectivity index (χ1) is 31.5. The van der Waals surface area contributed by atoms with Gasteiger partial charge in [-0.15, -0.1) is 0 Å². The van der Waals surface area contributed by atoms with Gasteiger partial charge in [-0.25, -0.2) is 0 Å². The van der Waals surface area contributed by atoms with Crippen LogP contribution in [0.4, 0.5) is 0 Å². The van der Waals surface area contributed by atoms with Crippen LogP contribution < -0.4 is 0 Å². The van der Waals surface area contributed by atoms with Crippen LogP contribution in [0.3, 0.4) is 0 Å². The molecule has 0 atom stereocenters. The van der Waals surface area contributed by atoms with Crippen LogP contribution in [0.2, 0.25) is 0 Å². The van der Waals surface area contributed by atoms with E-state index in [1.165, 1.54) is 100 Å². The van der Waals surface area contributed by atoms with Crippen molar-refractivity contribution in [3.63, 3.8) is 0 Å². The summed E-state index contributed by atoms with van der Waals surface area (Å²) in [6.45, 7) is 4.42. The van der Waals surface area contributed by atoms with E-state index in [0.29, 0.717) is 0 Å². The molecule has 2 spiro atoms. The second-order valence-corrected chi connectivity index (χ2v) is 18.0. The van der Waals surface area contributed by atoms with E-state index >= 15 is 0 Å². The van der Waals surface area contributed by atoms with Gasteiger partial charge in [0.25, 0.3) is 0 Å². The fraction of sp³-hybridized carbons (Fsp3) is 0.0968. The van der Waals surface area contributed by atoms with E-state index in [9.17, 15) is 0 Å². The summed E-state index contributed by atoms with van der Waals surface area (Å²) in [4.78, 5) is 10.0. The summed E-state index contributed by atoms with van der Waals surface area (Å²) in [6, 6.07) is 73.0. The molecule has 9 aromatic carbocycles. The Hall–Kier alpha value is -7.68. The zero-order chi connectivity index (χ0) is 42.9. The predicted molar refractivity (Wildman–Crippen MR) is 265 cm³/mol. The van der Waals surface area contributed by atoms with Gasteiger partial charge in [-0.05, 0) is 115 Å². The lowest BCUT2D eigenvalue weighted by Gasteiger charge is -2.31. The summed E-state index contributed by atoms with van der Waals surface area (Å²) in [5.41, 5.74) is 29.2. The molecule has 64 heavy (non-hydrogen) atoms. The van der Waals surface area contributed by atoms with Crippen molar-refractivity contribution in [1.82, 2.24) is 0 Å². The van der Waals surface area contributed by atoms with E-state index in [1.54, 1.807) is 0 Å². The lowest BCUT2D eigenvalue weighted by atomic mass is 9.70. The van der Waals surface area contributed by atoms with Crippen molar-refractivity contribution in [2.75, 3.05) is 14.1 Å². The Bertz CT molecular complexity index is 3220. The highest BCUT2D eigenvalue weighted by Crippen LogP contribution is 2.64. The third-order valence-corrected chi connectivity index (χ3v) is 14.9. The van der Waals surface area contributed by atoms with Gasteiger partial charge in [0, 0.05) is 36.3 Å². The van der Waals surface area contributed by atoms with Gasteiger partial charge in [0.2, 0.25) is 0 Å².